The standard InChI is InChI=1S/C21H22N4O3/c1-4-25-21(28)17-8-6-5-7-16(17)18(24-25)20(27)23-22-19(26)15-11-9-14(10-12-15)13(2)3/h5-13H,4H2,1-3H3,(H,22,26)(H,23,27). The normalized spacial score (nSPS) is 10.9. The van der Waals surface area contributed by atoms with Gasteiger partial charge in [0, 0.05) is 17.5 Å². The van der Waals surface area contributed by atoms with Gasteiger partial charge in [0.05, 0.1) is 5.39 Å². The Morgan fingerprint density at radius 3 is 2.18 bits per heavy atom. The van der Waals surface area contributed by atoms with E-state index in [-0.39, 0.29) is 11.3 Å². The van der Waals surface area contributed by atoms with Crippen LogP contribution in [0.5, 0.6) is 0 Å². The summed E-state index contributed by atoms with van der Waals surface area (Å²) in [4.78, 5) is 37.3. The molecular formula is C21H22N4O3. The predicted octanol–water partition coefficient (Wildman–Crippen LogP) is 2.61. The molecule has 0 spiro atoms. The fourth-order valence-electron chi connectivity index (χ4n) is 2.88. The Balaban J connectivity index is 1.81. The molecule has 0 unspecified atom stereocenters. The highest BCUT2D eigenvalue weighted by Crippen LogP contribution is 2.15. The molecule has 0 aliphatic rings. The largest absolute Gasteiger partial charge is 0.290 e. The van der Waals surface area contributed by atoms with Crippen LogP contribution in [0.3, 0.4) is 0 Å². The molecule has 0 aliphatic carbocycles. The molecule has 2 amide bonds. The summed E-state index contributed by atoms with van der Waals surface area (Å²) in [7, 11) is 0. The summed E-state index contributed by atoms with van der Waals surface area (Å²) in [5.41, 5.74) is 6.15. The smallest absolute Gasteiger partial charge is 0.267 e. The van der Waals surface area contributed by atoms with Gasteiger partial charge in [-0.15, -0.1) is 0 Å². The van der Waals surface area contributed by atoms with Gasteiger partial charge in [-0.2, -0.15) is 5.10 Å². The molecule has 7 nitrogen and oxygen atoms in total. The summed E-state index contributed by atoms with van der Waals surface area (Å²) in [5.74, 6) is -0.659. The summed E-state index contributed by atoms with van der Waals surface area (Å²) in [5, 5.41) is 4.98. The second-order valence-corrected chi connectivity index (χ2v) is 6.70. The third-order valence-electron chi connectivity index (χ3n) is 4.51. The Bertz CT molecular complexity index is 1080. The monoisotopic (exact) mass is 378 g/mol. The molecule has 7 heteroatoms. The second-order valence-electron chi connectivity index (χ2n) is 6.70. The third kappa shape index (κ3) is 3.78. The molecule has 0 atom stereocenters. The zero-order valence-electron chi connectivity index (χ0n) is 16.0. The van der Waals surface area contributed by atoms with Crippen LogP contribution in [0.1, 0.15) is 53.1 Å². The molecule has 1 heterocycles. The Morgan fingerprint density at radius 2 is 1.57 bits per heavy atom. The Kier molecular flexibility index (Phi) is 5.54. The zero-order valence-corrected chi connectivity index (χ0v) is 16.0. The van der Waals surface area contributed by atoms with E-state index in [9.17, 15) is 14.4 Å². The first-order valence-electron chi connectivity index (χ1n) is 9.13. The molecule has 0 radical (unpaired) electrons. The Hall–Kier alpha value is -3.48. The summed E-state index contributed by atoms with van der Waals surface area (Å²) < 4.78 is 1.23. The number of carbonyl (C=O) groups excluding carboxylic acids is 2. The molecule has 3 rings (SSSR count). The van der Waals surface area contributed by atoms with Crippen LogP contribution in [0.4, 0.5) is 0 Å². The lowest BCUT2D eigenvalue weighted by Gasteiger charge is -2.11. The first-order chi connectivity index (χ1) is 13.4. The van der Waals surface area contributed by atoms with Crippen LogP contribution in [0.15, 0.2) is 53.3 Å². The molecule has 0 aliphatic heterocycles. The molecule has 1 aromatic heterocycles. The number of nitrogens with zero attached hydrogens (tertiary/aromatic N) is 2. The molecule has 2 aromatic carbocycles. The summed E-state index contributed by atoms with van der Waals surface area (Å²) in [6.45, 7) is 6.25. The van der Waals surface area contributed by atoms with Gasteiger partial charge >= 0.3 is 0 Å². The fraction of sp³-hybridized carbons (Fsp3) is 0.238. The first kappa shape index (κ1) is 19.3. The maximum Gasteiger partial charge on any atom is 0.290 e. The molecule has 144 valence electrons. The van der Waals surface area contributed by atoms with Crippen molar-refractivity contribution in [2.45, 2.75) is 33.2 Å². The quantitative estimate of drug-likeness (QED) is 0.683. The molecule has 0 bridgehead atoms. The van der Waals surface area contributed by atoms with Crippen LogP contribution in [0.25, 0.3) is 10.8 Å². The number of carbonyl (C=O) groups is 2. The van der Waals surface area contributed by atoms with Crippen molar-refractivity contribution in [3.63, 3.8) is 0 Å². The number of fused-ring (bicyclic) bond motifs is 1. The minimum absolute atomic E-state index is 0.0764. The van der Waals surface area contributed by atoms with Crippen molar-refractivity contribution in [1.29, 1.82) is 0 Å². The number of hydrogen-bond donors (Lipinski definition) is 2. The van der Waals surface area contributed by atoms with Gasteiger partial charge in [0.15, 0.2) is 5.69 Å². The van der Waals surface area contributed by atoms with Crippen LogP contribution in [-0.2, 0) is 6.54 Å². The lowest BCUT2D eigenvalue weighted by molar-refractivity contribution is 0.0843. The van der Waals surface area contributed by atoms with Gasteiger partial charge in [0.25, 0.3) is 17.4 Å². The number of amides is 2. The van der Waals surface area contributed by atoms with Crippen molar-refractivity contribution < 1.29 is 9.59 Å². The molecular weight excluding hydrogens is 356 g/mol. The zero-order chi connectivity index (χ0) is 20.3. The van der Waals surface area contributed by atoms with Crippen LogP contribution in [-0.4, -0.2) is 21.6 Å². The SMILES string of the molecule is CCn1nc(C(=O)NNC(=O)c2ccc(C(C)C)cc2)c2ccccc2c1=O. The van der Waals surface area contributed by atoms with E-state index in [0.29, 0.717) is 28.8 Å². The van der Waals surface area contributed by atoms with E-state index < -0.39 is 11.8 Å². The maximum absolute atomic E-state index is 12.6. The minimum atomic E-state index is -0.592. The lowest BCUT2D eigenvalue weighted by Crippen LogP contribution is -2.42. The van der Waals surface area contributed by atoms with Gasteiger partial charge < -0.3 is 0 Å². The third-order valence-corrected chi connectivity index (χ3v) is 4.51. The minimum Gasteiger partial charge on any atom is -0.267 e. The van der Waals surface area contributed by atoms with Gasteiger partial charge in [0.2, 0.25) is 0 Å². The van der Waals surface area contributed by atoms with Crippen molar-refractivity contribution in [2.24, 2.45) is 0 Å². The van der Waals surface area contributed by atoms with Gasteiger partial charge in [-0.25, -0.2) is 4.68 Å². The second kappa shape index (κ2) is 8.04. The number of aryl methyl sites for hydroxylation is 1. The lowest BCUT2D eigenvalue weighted by atomic mass is 10.0. The van der Waals surface area contributed by atoms with Crippen molar-refractivity contribution in [3.8, 4) is 0 Å². The van der Waals surface area contributed by atoms with E-state index in [1.807, 2.05) is 12.1 Å². The summed E-state index contributed by atoms with van der Waals surface area (Å²) in [6.07, 6.45) is 0. The maximum atomic E-state index is 12.6. The van der Waals surface area contributed by atoms with E-state index in [0.717, 1.165) is 5.56 Å². The topological polar surface area (TPSA) is 93.1 Å². The number of hydrogen-bond acceptors (Lipinski definition) is 4. The highest BCUT2D eigenvalue weighted by atomic mass is 16.2. The van der Waals surface area contributed by atoms with Crippen LogP contribution in [0.2, 0.25) is 0 Å². The van der Waals surface area contributed by atoms with E-state index in [4.69, 9.17) is 0 Å². The fourth-order valence-corrected chi connectivity index (χ4v) is 2.88. The molecule has 0 saturated heterocycles. The van der Waals surface area contributed by atoms with E-state index >= 15 is 0 Å². The average Bonchev–Trinajstić information content (AvgIpc) is 2.72. The van der Waals surface area contributed by atoms with E-state index in [2.05, 4.69) is 29.8 Å². The molecule has 3 aromatic rings. The van der Waals surface area contributed by atoms with Crippen LogP contribution in [0, 0.1) is 0 Å². The predicted molar refractivity (Wildman–Crippen MR) is 107 cm³/mol. The molecule has 0 fully saturated rings. The number of hydrazine groups is 1. The number of aromatic nitrogens is 2. The average molecular weight is 378 g/mol. The van der Waals surface area contributed by atoms with Gasteiger partial charge in [-0.1, -0.05) is 44.2 Å². The van der Waals surface area contributed by atoms with Crippen molar-refractivity contribution >= 4 is 22.6 Å². The molecule has 28 heavy (non-hydrogen) atoms. The summed E-state index contributed by atoms with van der Waals surface area (Å²) in [6, 6.07) is 14.0. The van der Waals surface area contributed by atoms with Gasteiger partial charge in [0.1, 0.15) is 0 Å². The summed E-state index contributed by atoms with van der Waals surface area (Å²) >= 11 is 0. The Labute approximate surface area is 162 Å². The molecule has 2 N–H and O–H groups in total. The number of rotatable bonds is 4. The number of benzene rings is 2. The van der Waals surface area contributed by atoms with Gasteiger partial charge in [-0.3, -0.25) is 25.2 Å². The van der Waals surface area contributed by atoms with E-state index in [1.165, 1.54) is 4.68 Å². The first-order valence-corrected chi connectivity index (χ1v) is 9.13. The van der Waals surface area contributed by atoms with Gasteiger partial charge in [-0.05, 0) is 36.6 Å². The Morgan fingerprint density at radius 1 is 0.964 bits per heavy atom. The highest BCUT2D eigenvalue weighted by molar-refractivity contribution is 6.06. The van der Waals surface area contributed by atoms with Crippen molar-refractivity contribution in [1.82, 2.24) is 20.6 Å². The number of nitrogens with one attached hydrogen (secondary N) is 2. The van der Waals surface area contributed by atoms with Crippen molar-refractivity contribution in [2.75, 3.05) is 0 Å². The van der Waals surface area contributed by atoms with E-state index in [1.54, 1.807) is 43.3 Å². The van der Waals surface area contributed by atoms with Crippen LogP contribution >= 0.6 is 0 Å². The highest BCUT2D eigenvalue weighted by Gasteiger charge is 2.17. The molecule has 0 saturated carbocycles. The van der Waals surface area contributed by atoms with Crippen LogP contribution < -0.4 is 16.4 Å². The van der Waals surface area contributed by atoms with Crippen molar-refractivity contribution in [3.05, 3.63) is 75.7 Å².